The van der Waals surface area contributed by atoms with Crippen LogP contribution >= 0.6 is 15.9 Å². The number of nitrogens with one attached hydrogen (secondary N) is 1. The van der Waals surface area contributed by atoms with Crippen molar-refractivity contribution in [1.82, 2.24) is 0 Å². The van der Waals surface area contributed by atoms with E-state index in [-0.39, 0.29) is 5.82 Å². The number of halogens is 2. The lowest BCUT2D eigenvalue weighted by molar-refractivity contribution is 0.191. The number of anilines is 1. The van der Waals surface area contributed by atoms with Crippen LogP contribution in [0.25, 0.3) is 0 Å². The molecule has 5 heteroatoms. The first-order valence-electron chi connectivity index (χ1n) is 6.11. The summed E-state index contributed by atoms with van der Waals surface area (Å²) in [5.41, 5.74) is 1.40. The minimum atomic E-state index is -0.674. The van der Waals surface area contributed by atoms with Crippen molar-refractivity contribution in [3.8, 4) is 5.75 Å². The zero-order chi connectivity index (χ0) is 14.5. The molecule has 2 aromatic carbocycles. The number of aliphatic hydroxyl groups excluding tert-OH is 1. The van der Waals surface area contributed by atoms with Gasteiger partial charge in [0.05, 0.1) is 17.7 Å². The third-order valence-electron chi connectivity index (χ3n) is 2.92. The maximum absolute atomic E-state index is 13.3. The van der Waals surface area contributed by atoms with E-state index < -0.39 is 6.10 Å². The van der Waals surface area contributed by atoms with Crippen molar-refractivity contribution in [1.29, 1.82) is 0 Å². The van der Waals surface area contributed by atoms with Gasteiger partial charge in [-0.2, -0.15) is 0 Å². The van der Waals surface area contributed by atoms with E-state index in [1.165, 1.54) is 6.07 Å². The van der Waals surface area contributed by atoms with Crippen LogP contribution in [-0.2, 0) is 0 Å². The highest BCUT2D eigenvalue weighted by Gasteiger charge is 2.08. The molecular formula is C15H15BrFNO2. The van der Waals surface area contributed by atoms with Gasteiger partial charge >= 0.3 is 0 Å². The van der Waals surface area contributed by atoms with Gasteiger partial charge in [0.2, 0.25) is 0 Å². The molecule has 1 unspecified atom stereocenters. The highest BCUT2D eigenvalue weighted by Crippen LogP contribution is 2.21. The molecule has 0 spiro atoms. The van der Waals surface area contributed by atoms with Crippen LogP contribution in [0.2, 0.25) is 0 Å². The second kappa shape index (κ2) is 6.72. The molecule has 106 valence electrons. The summed E-state index contributed by atoms with van der Waals surface area (Å²) in [5.74, 6) is 0.401. The number of hydrogen-bond donors (Lipinski definition) is 2. The average molecular weight is 340 g/mol. The normalized spacial score (nSPS) is 12.0. The Bertz CT molecular complexity index is 575. The van der Waals surface area contributed by atoms with E-state index >= 15 is 0 Å². The molecule has 0 bridgehead atoms. The number of methoxy groups -OCH3 is 1. The third-order valence-corrected chi connectivity index (χ3v) is 3.56. The Hall–Kier alpha value is -1.59. The highest BCUT2D eigenvalue weighted by atomic mass is 79.9. The summed E-state index contributed by atoms with van der Waals surface area (Å²) < 4.78 is 18.8. The van der Waals surface area contributed by atoms with Gasteiger partial charge < -0.3 is 15.2 Å². The average Bonchev–Trinajstić information content (AvgIpc) is 2.48. The van der Waals surface area contributed by atoms with Crippen molar-refractivity contribution in [2.75, 3.05) is 19.0 Å². The van der Waals surface area contributed by atoms with Gasteiger partial charge in [-0.05, 0) is 51.8 Å². The summed E-state index contributed by atoms with van der Waals surface area (Å²) >= 11 is 3.10. The molecule has 0 heterocycles. The molecule has 2 aromatic rings. The van der Waals surface area contributed by atoms with Crippen LogP contribution in [0.3, 0.4) is 0 Å². The number of ether oxygens (including phenoxy) is 1. The maximum atomic E-state index is 13.3. The van der Waals surface area contributed by atoms with Gasteiger partial charge in [-0.3, -0.25) is 0 Å². The van der Waals surface area contributed by atoms with Crippen LogP contribution in [0.1, 0.15) is 11.7 Å². The predicted octanol–water partition coefficient (Wildman–Crippen LogP) is 3.74. The van der Waals surface area contributed by atoms with E-state index in [1.54, 1.807) is 43.5 Å². The van der Waals surface area contributed by atoms with E-state index in [0.717, 1.165) is 11.3 Å². The maximum Gasteiger partial charge on any atom is 0.139 e. The van der Waals surface area contributed by atoms with E-state index in [9.17, 15) is 9.50 Å². The van der Waals surface area contributed by atoms with Gasteiger partial charge in [-0.25, -0.2) is 4.39 Å². The fourth-order valence-corrected chi connectivity index (χ4v) is 2.01. The standard InChI is InChI=1S/C15H15BrFNO2/c1-20-12-5-2-10(3-6-12)15(19)9-18-11-4-7-13(16)14(17)8-11/h2-8,15,18-19H,9H2,1H3. The van der Waals surface area contributed by atoms with E-state index in [4.69, 9.17) is 4.74 Å². The lowest BCUT2D eigenvalue weighted by atomic mass is 10.1. The monoisotopic (exact) mass is 339 g/mol. The molecule has 0 saturated heterocycles. The molecule has 0 saturated carbocycles. The van der Waals surface area contributed by atoms with Gasteiger partial charge in [-0.1, -0.05) is 12.1 Å². The molecule has 0 aliphatic heterocycles. The predicted molar refractivity (Wildman–Crippen MR) is 80.5 cm³/mol. The molecule has 0 aliphatic rings. The summed E-state index contributed by atoms with van der Waals surface area (Å²) in [7, 11) is 1.59. The van der Waals surface area contributed by atoms with Gasteiger partial charge in [0, 0.05) is 12.2 Å². The third kappa shape index (κ3) is 3.71. The van der Waals surface area contributed by atoms with Crippen LogP contribution in [-0.4, -0.2) is 18.8 Å². The molecule has 0 fully saturated rings. The minimum absolute atomic E-state index is 0.299. The van der Waals surface area contributed by atoms with Crippen molar-refractivity contribution in [3.05, 3.63) is 58.3 Å². The molecule has 2 N–H and O–H groups in total. The second-order valence-electron chi connectivity index (χ2n) is 4.30. The number of rotatable bonds is 5. The van der Waals surface area contributed by atoms with Crippen molar-refractivity contribution < 1.29 is 14.2 Å². The Labute approximate surface area is 125 Å². The van der Waals surface area contributed by atoms with Crippen molar-refractivity contribution in [3.63, 3.8) is 0 Å². The quantitative estimate of drug-likeness (QED) is 0.871. The SMILES string of the molecule is COc1ccc(C(O)CNc2ccc(Br)c(F)c2)cc1. The van der Waals surface area contributed by atoms with E-state index in [1.807, 2.05) is 0 Å². The van der Waals surface area contributed by atoms with Gasteiger partial charge in [0.25, 0.3) is 0 Å². The summed E-state index contributed by atoms with van der Waals surface area (Å²) in [6.45, 7) is 0.299. The van der Waals surface area contributed by atoms with Gasteiger partial charge in [-0.15, -0.1) is 0 Å². The Morgan fingerprint density at radius 1 is 1.25 bits per heavy atom. The fourth-order valence-electron chi connectivity index (χ4n) is 1.76. The minimum Gasteiger partial charge on any atom is -0.497 e. The van der Waals surface area contributed by atoms with Crippen molar-refractivity contribution in [2.45, 2.75) is 6.10 Å². The van der Waals surface area contributed by atoms with Crippen LogP contribution < -0.4 is 10.1 Å². The summed E-state index contributed by atoms with van der Waals surface area (Å²) in [6.07, 6.45) is -0.674. The van der Waals surface area contributed by atoms with Crippen LogP contribution in [0.15, 0.2) is 46.9 Å². The first-order chi connectivity index (χ1) is 9.60. The first kappa shape index (κ1) is 14.8. The highest BCUT2D eigenvalue weighted by molar-refractivity contribution is 9.10. The summed E-state index contributed by atoms with van der Waals surface area (Å²) in [4.78, 5) is 0. The largest absolute Gasteiger partial charge is 0.497 e. The molecule has 0 amide bonds. The fraction of sp³-hybridized carbons (Fsp3) is 0.200. The van der Waals surface area contributed by atoms with E-state index in [0.29, 0.717) is 16.7 Å². The molecule has 3 nitrogen and oxygen atoms in total. The molecule has 2 rings (SSSR count). The lowest BCUT2D eigenvalue weighted by Gasteiger charge is -2.14. The Balaban J connectivity index is 1.96. The Morgan fingerprint density at radius 2 is 1.95 bits per heavy atom. The molecule has 0 aromatic heterocycles. The smallest absolute Gasteiger partial charge is 0.139 e. The molecule has 20 heavy (non-hydrogen) atoms. The topological polar surface area (TPSA) is 41.5 Å². The molecule has 0 radical (unpaired) electrons. The second-order valence-corrected chi connectivity index (χ2v) is 5.15. The van der Waals surface area contributed by atoms with Gasteiger partial charge in [0.1, 0.15) is 11.6 Å². The van der Waals surface area contributed by atoms with E-state index in [2.05, 4.69) is 21.2 Å². The number of benzene rings is 2. The zero-order valence-corrected chi connectivity index (χ0v) is 12.5. The molecule has 1 atom stereocenters. The van der Waals surface area contributed by atoms with Gasteiger partial charge in [0.15, 0.2) is 0 Å². The molecule has 0 aliphatic carbocycles. The van der Waals surface area contributed by atoms with Crippen molar-refractivity contribution in [2.24, 2.45) is 0 Å². The van der Waals surface area contributed by atoms with Crippen LogP contribution in [0, 0.1) is 5.82 Å². The lowest BCUT2D eigenvalue weighted by Crippen LogP contribution is -2.12. The van der Waals surface area contributed by atoms with Crippen LogP contribution in [0.5, 0.6) is 5.75 Å². The number of aliphatic hydroxyl groups is 1. The Morgan fingerprint density at radius 3 is 2.55 bits per heavy atom. The zero-order valence-electron chi connectivity index (χ0n) is 10.9. The summed E-state index contributed by atoms with van der Waals surface area (Å²) in [5, 5.41) is 13.1. The molecular weight excluding hydrogens is 325 g/mol. The number of hydrogen-bond acceptors (Lipinski definition) is 3. The summed E-state index contributed by atoms with van der Waals surface area (Å²) in [6, 6.07) is 11.9. The first-order valence-corrected chi connectivity index (χ1v) is 6.90. The van der Waals surface area contributed by atoms with Crippen LogP contribution in [0.4, 0.5) is 10.1 Å². The Kier molecular flexibility index (Phi) is 4.98. The van der Waals surface area contributed by atoms with Crippen molar-refractivity contribution >= 4 is 21.6 Å².